The highest BCUT2D eigenvalue weighted by Crippen LogP contribution is 2.58. The zero-order chi connectivity index (χ0) is 36.2. The van der Waals surface area contributed by atoms with Gasteiger partial charge < -0.3 is 30.1 Å². The Labute approximate surface area is 295 Å². The second-order valence-electron chi connectivity index (χ2n) is 15.2. The first-order valence-corrected chi connectivity index (χ1v) is 19.6. The Balaban J connectivity index is 1.29. The van der Waals surface area contributed by atoms with E-state index in [2.05, 4.69) is 15.4 Å². The van der Waals surface area contributed by atoms with E-state index in [0.717, 1.165) is 19.3 Å². The molecular formula is C36H54N4O9S. The van der Waals surface area contributed by atoms with Gasteiger partial charge in [-0.3, -0.25) is 14.4 Å². The Hall–Kier alpha value is -3.07. The number of methoxy groups -OCH3 is 2. The van der Waals surface area contributed by atoms with Crippen molar-refractivity contribution in [3.63, 3.8) is 0 Å². The number of nitrogens with one attached hydrogen (secondary N) is 3. The highest BCUT2D eigenvalue weighted by molar-refractivity contribution is 7.91. The molecule has 3 atom stereocenters. The molecule has 13 nitrogen and oxygen atoms in total. The van der Waals surface area contributed by atoms with Crippen LogP contribution in [0.1, 0.15) is 105 Å². The van der Waals surface area contributed by atoms with Crippen molar-refractivity contribution in [2.24, 2.45) is 23.7 Å². The third-order valence-electron chi connectivity index (χ3n) is 11.4. The minimum Gasteiger partial charge on any atom is -0.478 e. The summed E-state index contributed by atoms with van der Waals surface area (Å²) < 4.78 is 41.5. The zero-order valence-corrected chi connectivity index (χ0v) is 30.5. The monoisotopic (exact) mass is 718 g/mol. The molecule has 14 heteroatoms. The molecule has 0 spiro atoms. The first-order valence-electron chi connectivity index (χ1n) is 18.1. The number of hydrogen-bond acceptors (Lipinski definition) is 8. The van der Waals surface area contributed by atoms with Crippen LogP contribution in [0.4, 0.5) is 0 Å². The van der Waals surface area contributed by atoms with E-state index in [9.17, 15) is 32.7 Å². The SMILES string of the molecule is COC(OC)[C@@H](NC(=O)[C@@H]1CCCN1C(=O)[C@H](CCCCNC(=O)c1ccccc1C(=O)O)NS(=O)(=O)C12CC3CC(CC(C3)C1)C2)C(C)C. The van der Waals surface area contributed by atoms with Gasteiger partial charge in [-0.15, -0.1) is 0 Å². The van der Waals surface area contributed by atoms with Crippen LogP contribution in [0.25, 0.3) is 0 Å². The van der Waals surface area contributed by atoms with Crippen LogP contribution in [-0.2, 0) is 29.1 Å². The van der Waals surface area contributed by atoms with Crippen LogP contribution >= 0.6 is 0 Å². The lowest BCUT2D eigenvalue weighted by Crippen LogP contribution is -2.61. The number of carboxylic acids is 1. The molecule has 1 aromatic rings. The maximum Gasteiger partial charge on any atom is 0.336 e. The highest BCUT2D eigenvalue weighted by Gasteiger charge is 2.58. The number of nitrogens with zero attached hydrogens (tertiary/aromatic N) is 1. The molecule has 1 saturated heterocycles. The standard InChI is InChI=1S/C36H54N4O9S/c1-22(2)30(35(48-3)49-4)38-32(42)29-13-9-15-40(29)33(43)28(12-7-8-14-37-31(41)26-10-5-6-11-27(26)34(44)45)39-50(46,47)36-19-23-16-24(20-36)18-25(17-23)21-36/h5-6,10-11,22-25,28-30,35,39H,7-9,12-21H2,1-4H3,(H,37,41)(H,38,42)(H,44,45)/t23?,24?,25?,28-,29-,30-,36?/m0/s1. The van der Waals surface area contributed by atoms with Crippen molar-refractivity contribution in [2.75, 3.05) is 27.3 Å². The van der Waals surface area contributed by atoms with Gasteiger partial charge in [-0.05, 0) is 106 Å². The van der Waals surface area contributed by atoms with Crippen molar-refractivity contribution in [3.05, 3.63) is 35.4 Å². The summed E-state index contributed by atoms with van der Waals surface area (Å²) in [5.74, 6) is -1.32. The first-order chi connectivity index (χ1) is 23.8. The largest absolute Gasteiger partial charge is 0.478 e. The number of sulfonamides is 1. The first kappa shape index (κ1) is 38.2. The Morgan fingerprint density at radius 2 is 1.56 bits per heavy atom. The summed E-state index contributed by atoms with van der Waals surface area (Å²) in [5, 5.41) is 15.2. The van der Waals surface area contributed by atoms with E-state index in [4.69, 9.17) is 9.47 Å². The molecule has 5 fully saturated rings. The fourth-order valence-corrected chi connectivity index (χ4v) is 11.5. The molecule has 5 aliphatic rings. The molecule has 1 heterocycles. The maximum atomic E-state index is 14.3. The van der Waals surface area contributed by atoms with Crippen molar-refractivity contribution in [3.8, 4) is 0 Å². The number of hydrogen-bond donors (Lipinski definition) is 4. The fraction of sp³-hybridized carbons (Fsp3) is 0.722. The van der Waals surface area contributed by atoms with E-state index in [0.29, 0.717) is 69.2 Å². The van der Waals surface area contributed by atoms with Crippen LogP contribution in [0.5, 0.6) is 0 Å². The van der Waals surface area contributed by atoms with Crippen LogP contribution in [0.15, 0.2) is 24.3 Å². The van der Waals surface area contributed by atoms with Crippen molar-refractivity contribution in [1.29, 1.82) is 0 Å². The van der Waals surface area contributed by atoms with Gasteiger partial charge in [0, 0.05) is 27.3 Å². The van der Waals surface area contributed by atoms with Crippen LogP contribution < -0.4 is 15.4 Å². The van der Waals surface area contributed by atoms with Crippen LogP contribution in [0.3, 0.4) is 0 Å². The summed E-state index contributed by atoms with van der Waals surface area (Å²) in [7, 11) is -0.897. The third kappa shape index (κ3) is 8.18. The Morgan fingerprint density at radius 1 is 0.960 bits per heavy atom. The maximum absolute atomic E-state index is 14.3. The molecule has 50 heavy (non-hydrogen) atoms. The molecule has 3 amide bonds. The van der Waals surface area contributed by atoms with Gasteiger partial charge in [0.25, 0.3) is 5.91 Å². The number of amides is 3. The molecule has 278 valence electrons. The highest BCUT2D eigenvalue weighted by atomic mass is 32.2. The second kappa shape index (κ2) is 16.1. The lowest BCUT2D eigenvalue weighted by atomic mass is 9.56. The van der Waals surface area contributed by atoms with Crippen molar-refractivity contribution in [2.45, 2.75) is 114 Å². The molecule has 4 aliphatic carbocycles. The molecule has 0 aromatic heterocycles. The molecule has 4 N–H and O–H groups in total. The minimum absolute atomic E-state index is 0.0210. The average Bonchev–Trinajstić information content (AvgIpc) is 3.57. The number of rotatable bonds is 17. The third-order valence-corrected chi connectivity index (χ3v) is 13.6. The lowest BCUT2D eigenvalue weighted by molar-refractivity contribution is -0.148. The van der Waals surface area contributed by atoms with E-state index in [-0.39, 0.29) is 35.9 Å². The molecular weight excluding hydrogens is 664 g/mol. The molecule has 0 unspecified atom stereocenters. The van der Waals surface area contributed by atoms with Gasteiger partial charge in [0.1, 0.15) is 12.1 Å². The minimum atomic E-state index is -3.90. The number of ether oxygens (including phenoxy) is 2. The van der Waals surface area contributed by atoms with Gasteiger partial charge in [-0.2, -0.15) is 0 Å². The van der Waals surface area contributed by atoms with E-state index < -0.39 is 57.0 Å². The predicted octanol–water partition coefficient (Wildman–Crippen LogP) is 3.29. The smallest absolute Gasteiger partial charge is 0.336 e. The van der Waals surface area contributed by atoms with Crippen molar-refractivity contribution < 1.29 is 42.2 Å². The Kier molecular flexibility index (Phi) is 12.3. The predicted molar refractivity (Wildman–Crippen MR) is 186 cm³/mol. The number of aromatic carboxylic acids is 1. The summed E-state index contributed by atoms with van der Waals surface area (Å²) in [6, 6.07) is 3.66. The van der Waals surface area contributed by atoms with E-state index >= 15 is 0 Å². The number of carboxylic acid groups (broad SMARTS) is 1. The Bertz CT molecular complexity index is 1480. The molecule has 1 aromatic carbocycles. The average molecular weight is 719 g/mol. The van der Waals surface area contributed by atoms with Gasteiger partial charge >= 0.3 is 5.97 Å². The van der Waals surface area contributed by atoms with Gasteiger partial charge in [0.05, 0.1) is 21.9 Å². The zero-order valence-electron chi connectivity index (χ0n) is 29.7. The summed E-state index contributed by atoms with van der Waals surface area (Å²) >= 11 is 0. The summed E-state index contributed by atoms with van der Waals surface area (Å²) in [5.41, 5.74) is -0.0459. The van der Waals surface area contributed by atoms with Gasteiger partial charge in [0.15, 0.2) is 6.29 Å². The van der Waals surface area contributed by atoms with E-state index in [1.807, 2.05) is 13.8 Å². The topological polar surface area (TPSA) is 180 Å². The number of carbonyl (C=O) groups excluding carboxylic acids is 3. The molecule has 4 saturated carbocycles. The number of likely N-dealkylation sites (tertiary alicyclic amines) is 1. The molecule has 4 bridgehead atoms. The molecule has 0 radical (unpaired) electrons. The fourth-order valence-electron chi connectivity index (χ4n) is 9.25. The summed E-state index contributed by atoms with van der Waals surface area (Å²) in [6.45, 7) is 4.42. The van der Waals surface area contributed by atoms with Crippen LogP contribution in [-0.4, -0.2) is 98.6 Å². The molecule has 1 aliphatic heterocycles. The van der Waals surface area contributed by atoms with Crippen LogP contribution in [0, 0.1) is 23.7 Å². The van der Waals surface area contributed by atoms with E-state index in [1.165, 1.54) is 31.3 Å². The van der Waals surface area contributed by atoms with Crippen molar-refractivity contribution in [1.82, 2.24) is 20.3 Å². The summed E-state index contributed by atoms with van der Waals surface area (Å²) in [4.78, 5) is 53.8. The quantitative estimate of drug-likeness (QED) is 0.139. The number of unbranched alkanes of at least 4 members (excludes halogenated alkanes) is 1. The lowest BCUT2D eigenvalue weighted by Gasteiger charge is -2.55. The normalized spacial score (nSPS) is 27.0. The molecule has 6 rings (SSSR count). The number of carbonyl (C=O) groups is 4. The van der Waals surface area contributed by atoms with Crippen molar-refractivity contribution >= 4 is 33.7 Å². The van der Waals surface area contributed by atoms with E-state index in [1.54, 1.807) is 12.1 Å². The van der Waals surface area contributed by atoms with Gasteiger partial charge in [-0.25, -0.2) is 17.9 Å². The summed E-state index contributed by atoms with van der Waals surface area (Å²) in [6.07, 6.45) is 6.47. The van der Waals surface area contributed by atoms with Crippen LogP contribution in [0.2, 0.25) is 0 Å². The van der Waals surface area contributed by atoms with Gasteiger partial charge in [-0.1, -0.05) is 26.0 Å². The number of benzene rings is 1. The van der Waals surface area contributed by atoms with Gasteiger partial charge in [0.2, 0.25) is 21.8 Å². The second-order valence-corrected chi connectivity index (χ2v) is 17.3. The Morgan fingerprint density at radius 3 is 2.12 bits per heavy atom.